The van der Waals surface area contributed by atoms with E-state index in [1.807, 2.05) is 36.6 Å². The Morgan fingerprint density at radius 3 is 2.46 bits per heavy atom. The molecule has 0 fully saturated rings. The van der Waals surface area contributed by atoms with Crippen molar-refractivity contribution in [3.8, 4) is 17.3 Å². The van der Waals surface area contributed by atoms with Gasteiger partial charge in [-0.1, -0.05) is 42.1 Å². The molecular weight excluding hydrogens is 372 g/mol. The molecule has 1 aromatic heterocycles. The maximum absolute atomic E-state index is 11.8. The summed E-state index contributed by atoms with van der Waals surface area (Å²) in [5, 5.41) is 13.5. The Bertz CT molecular complexity index is 1020. The van der Waals surface area contributed by atoms with E-state index in [2.05, 4.69) is 21.4 Å². The number of carbonyl (C=O) groups excluding carboxylic acids is 1. The molecular formula is C21H18N4O2S. The number of carbonyl (C=O) groups is 1. The number of benzene rings is 2. The highest BCUT2D eigenvalue weighted by atomic mass is 32.2. The van der Waals surface area contributed by atoms with E-state index in [0.29, 0.717) is 40.1 Å². The standard InChI is InChI=1S/C21H18N4O2S/c1-3-27-20(26)15-9-11-16(12-10-15)23-19-17(13-22)18(24-21(25-19)28-2)14-7-5-4-6-8-14/h4-12H,3H2,1-2H3,(H,23,24,25). The highest BCUT2D eigenvalue weighted by Gasteiger charge is 2.16. The van der Waals surface area contributed by atoms with E-state index in [1.54, 1.807) is 31.2 Å². The minimum absolute atomic E-state index is 0.324. The Hall–Kier alpha value is -3.37. The molecule has 0 saturated heterocycles. The van der Waals surface area contributed by atoms with Crippen LogP contribution in [0.15, 0.2) is 59.8 Å². The first-order valence-electron chi connectivity index (χ1n) is 8.62. The molecule has 28 heavy (non-hydrogen) atoms. The van der Waals surface area contributed by atoms with Crippen molar-refractivity contribution in [2.45, 2.75) is 12.1 Å². The summed E-state index contributed by atoms with van der Waals surface area (Å²) in [4.78, 5) is 20.8. The quantitative estimate of drug-likeness (QED) is 0.372. The molecule has 0 unspecified atom stereocenters. The van der Waals surface area contributed by atoms with Gasteiger partial charge in [-0.2, -0.15) is 5.26 Å². The number of thioether (sulfide) groups is 1. The van der Waals surface area contributed by atoms with Crippen LogP contribution in [0.25, 0.3) is 11.3 Å². The molecule has 140 valence electrons. The number of hydrogen-bond acceptors (Lipinski definition) is 7. The second-order valence-electron chi connectivity index (χ2n) is 5.68. The molecule has 0 bridgehead atoms. The van der Waals surface area contributed by atoms with E-state index in [9.17, 15) is 10.1 Å². The van der Waals surface area contributed by atoms with Gasteiger partial charge in [-0.15, -0.1) is 0 Å². The van der Waals surface area contributed by atoms with Gasteiger partial charge in [0.15, 0.2) is 11.0 Å². The van der Waals surface area contributed by atoms with E-state index in [0.717, 1.165) is 5.56 Å². The van der Waals surface area contributed by atoms with E-state index < -0.39 is 0 Å². The number of anilines is 2. The van der Waals surface area contributed by atoms with E-state index in [4.69, 9.17) is 4.74 Å². The third-order valence-corrected chi connectivity index (χ3v) is 4.44. The van der Waals surface area contributed by atoms with Gasteiger partial charge in [-0.05, 0) is 37.4 Å². The summed E-state index contributed by atoms with van der Waals surface area (Å²) in [6.45, 7) is 2.09. The molecule has 1 N–H and O–H groups in total. The fourth-order valence-corrected chi connectivity index (χ4v) is 2.94. The number of nitriles is 1. The summed E-state index contributed by atoms with van der Waals surface area (Å²) in [6, 6.07) is 18.6. The number of nitrogens with one attached hydrogen (secondary N) is 1. The lowest BCUT2D eigenvalue weighted by molar-refractivity contribution is 0.0526. The van der Waals surface area contributed by atoms with Crippen molar-refractivity contribution in [3.05, 3.63) is 65.7 Å². The predicted molar refractivity (Wildman–Crippen MR) is 110 cm³/mol. The number of ether oxygens (including phenoxy) is 1. The minimum Gasteiger partial charge on any atom is -0.462 e. The van der Waals surface area contributed by atoms with Gasteiger partial charge >= 0.3 is 5.97 Å². The maximum Gasteiger partial charge on any atom is 0.338 e. The van der Waals surface area contributed by atoms with Crippen molar-refractivity contribution in [1.29, 1.82) is 5.26 Å². The highest BCUT2D eigenvalue weighted by Crippen LogP contribution is 2.30. The van der Waals surface area contributed by atoms with Gasteiger partial charge in [0.2, 0.25) is 0 Å². The SMILES string of the molecule is CCOC(=O)c1ccc(Nc2nc(SC)nc(-c3ccccc3)c2C#N)cc1. The van der Waals surface area contributed by atoms with Crippen LogP contribution in [0.3, 0.4) is 0 Å². The van der Waals surface area contributed by atoms with Crippen molar-refractivity contribution in [1.82, 2.24) is 9.97 Å². The Kier molecular flexibility index (Phi) is 6.25. The van der Waals surface area contributed by atoms with Gasteiger partial charge in [0.05, 0.1) is 17.9 Å². The lowest BCUT2D eigenvalue weighted by Gasteiger charge is -2.12. The smallest absolute Gasteiger partial charge is 0.338 e. The lowest BCUT2D eigenvalue weighted by atomic mass is 10.1. The Morgan fingerprint density at radius 1 is 1.14 bits per heavy atom. The zero-order chi connectivity index (χ0) is 19.9. The zero-order valence-electron chi connectivity index (χ0n) is 15.5. The molecule has 6 nitrogen and oxygen atoms in total. The van der Waals surface area contributed by atoms with Gasteiger partial charge in [-0.25, -0.2) is 14.8 Å². The van der Waals surface area contributed by atoms with Crippen LogP contribution in [-0.2, 0) is 4.74 Å². The molecule has 7 heteroatoms. The summed E-state index contributed by atoms with van der Waals surface area (Å²) in [7, 11) is 0. The van der Waals surface area contributed by atoms with Gasteiger partial charge in [0.25, 0.3) is 0 Å². The lowest BCUT2D eigenvalue weighted by Crippen LogP contribution is -2.05. The zero-order valence-corrected chi connectivity index (χ0v) is 16.3. The van der Waals surface area contributed by atoms with Crippen molar-refractivity contribution in [2.24, 2.45) is 0 Å². The molecule has 0 atom stereocenters. The van der Waals surface area contributed by atoms with Crippen LogP contribution >= 0.6 is 11.8 Å². The van der Waals surface area contributed by atoms with Crippen molar-refractivity contribution in [2.75, 3.05) is 18.2 Å². The number of esters is 1. The molecule has 0 amide bonds. The highest BCUT2D eigenvalue weighted by molar-refractivity contribution is 7.98. The fraction of sp³-hybridized carbons (Fsp3) is 0.143. The first-order valence-corrected chi connectivity index (χ1v) is 9.84. The van der Waals surface area contributed by atoms with Gasteiger partial charge < -0.3 is 10.1 Å². The number of aromatic nitrogens is 2. The van der Waals surface area contributed by atoms with Crippen LogP contribution in [0.2, 0.25) is 0 Å². The Morgan fingerprint density at radius 2 is 1.86 bits per heavy atom. The molecule has 3 rings (SSSR count). The number of hydrogen-bond donors (Lipinski definition) is 1. The molecule has 0 aliphatic carbocycles. The molecule has 1 heterocycles. The van der Waals surface area contributed by atoms with Crippen LogP contribution in [0, 0.1) is 11.3 Å². The molecule has 3 aromatic rings. The largest absolute Gasteiger partial charge is 0.462 e. The van der Waals surface area contributed by atoms with E-state index in [-0.39, 0.29) is 5.97 Å². The normalized spacial score (nSPS) is 10.2. The summed E-state index contributed by atoms with van der Waals surface area (Å²) >= 11 is 1.40. The van der Waals surface area contributed by atoms with Gasteiger partial charge in [-0.3, -0.25) is 0 Å². The van der Waals surface area contributed by atoms with E-state index in [1.165, 1.54) is 11.8 Å². The van der Waals surface area contributed by atoms with Crippen molar-refractivity contribution in [3.63, 3.8) is 0 Å². The second-order valence-corrected chi connectivity index (χ2v) is 6.46. The summed E-state index contributed by atoms with van der Waals surface area (Å²) < 4.78 is 4.99. The predicted octanol–water partition coefficient (Wildman–Crippen LogP) is 4.66. The first kappa shape index (κ1) is 19.4. The molecule has 2 aromatic carbocycles. The van der Waals surface area contributed by atoms with Crippen LogP contribution in [0.4, 0.5) is 11.5 Å². The second kappa shape index (κ2) is 9.02. The monoisotopic (exact) mass is 390 g/mol. The molecule has 0 aliphatic rings. The average molecular weight is 390 g/mol. The average Bonchev–Trinajstić information content (AvgIpc) is 2.74. The topological polar surface area (TPSA) is 87.9 Å². The van der Waals surface area contributed by atoms with Crippen molar-refractivity contribution < 1.29 is 9.53 Å². The first-order chi connectivity index (χ1) is 13.7. The third-order valence-electron chi connectivity index (χ3n) is 3.89. The fourth-order valence-electron chi connectivity index (χ4n) is 2.57. The molecule has 0 radical (unpaired) electrons. The maximum atomic E-state index is 11.8. The minimum atomic E-state index is -0.371. The Labute approximate surface area is 167 Å². The molecule has 0 saturated carbocycles. The van der Waals surface area contributed by atoms with Crippen molar-refractivity contribution >= 4 is 29.2 Å². The van der Waals surface area contributed by atoms with Crippen LogP contribution in [0.1, 0.15) is 22.8 Å². The molecule has 0 spiro atoms. The summed E-state index contributed by atoms with van der Waals surface area (Å²) in [5.41, 5.74) is 2.95. The van der Waals surface area contributed by atoms with Crippen LogP contribution in [-0.4, -0.2) is 28.8 Å². The molecule has 0 aliphatic heterocycles. The van der Waals surface area contributed by atoms with Gasteiger partial charge in [0, 0.05) is 11.3 Å². The number of rotatable bonds is 6. The van der Waals surface area contributed by atoms with Crippen LogP contribution < -0.4 is 5.32 Å². The number of nitrogens with zero attached hydrogens (tertiary/aromatic N) is 3. The third kappa shape index (κ3) is 4.30. The van der Waals surface area contributed by atoms with Gasteiger partial charge in [0.1, 0.15) is 11.6 Å². The summed E-state index contributed by atoms with van der Waals surface area (Å²) in [5.74, 6) is 0.0504. The van der Waals surface area contributed by atoms with E-state index >= 15 is 0 Å². The van der Waals surface area contributed by atoms with Crippen LogP contribution in [0.5, 0.6) is 0 Å². The Balaban J connectivity index is 1.98. The summed E-state index contributed by atoms with van der Waals surface area (Å²) in [6.07, 6.45) is 1.88.